The Bertz CT molecular complexity index is 928. The van der Waals surface area contributed by atoms with Gasteiger partial charge in [-0.2, -0.15) is 0 Å². The van der Waals surface area contributed by atoms with Gasteiger partial charge in [-0.3, -0.25) is 14.9 Å². The van der Waals surface area contributed by atoms with Gasteiger partial charge in [0, 0.05) is 12.1 Å². The molecule has 3 rings (SSSR count). The normalized spacial score (nSPS) is 12.1. The van der Waals surface area contributed by atoms with E-state index in [4.69, 9.17) is 11.6 Å². The first kappa shape index (κ1) is 17.7. The van der Waals surface area contributed by atoms with Crippen molar-refractivity contribution < 1.29 is 9.72 Å². The summed E-state index contributed by atoms with van der Waals surface area (Å²) < 4.78 is 1.84. The molecule has 0 bridgehead atoms. The molecular formula is C16H12ClN3O3S2. The van der Waals surface area contributed by atoms with E-state index in [9.17, 15) is 14.9 Å². The number of thioether (sulfide) groups is 1. The van der Waals surface area contributed by atoms with Crippen LogP contribution < -0.4 is 5.32 Å². The zero-order chi connectivity index (χ0) is 18.0. The quantitative estimate of drug-likeness (QED) is 0.375. The fraction of sp³-hybridized carbons (Fsp3) is 0.125. The third kappa shape index (κ3) is 4.09. The number of carbonyl (C=O) groups is 1. The number of rotatable bonds is 5. The molecule has 128 valence electrons. The van der Waals surface area contributed by atoms with Gasteiger partial charge in [0.05, 0.1) is 31.1 Å². The standard InChI is InChI=1S/C16H12ClN3O3S2/c1-9(24-16-19-12-4-2-3-5-14(12)25-16)15(21)18-13-8-10(20(22)23)6-7-11(13)17/h2-9H,1H3,(H,18,21). The van der Waals surface area contributed by atoms with Gasteiger partial charge in [-0.05, 0) is 25.1 Å². The van der Waals surface area contributed by atoms with Crippen LogP contribution in [0.15, 0.2) is 46.8 Å². The predicted octanol–water partition coefficient (Wildman–Crippen LogP) is 4.98. The second-order valence-electron chi connectivity index (χ2n) is 5.12. The second kappa shape index (κ2) is 7.38. The van der Waals surface area contributed by atoms with Gasteiger partial charge in [0.25, 0.3) is 5.69 Å². The second-order valence-corrected chi connectivity index (χ2v) is 8.14. The Balaban J connectivity index is 1.72. The molecule has 1 unspecified atom stereocenters. The molecule has 6 nitrogen and oxygen atoms in total. The molecule has 3 aromatic rings. The number of nitrogens with one attached hydrogen (secondary N) is 1. The highest BCUT2D eigenvalue weighted by Gasteiger charge is 2.19. The number of para-hydroxylation sites is 1. The maximum atomic E-state index is 12.4. The summed E-state index contributed by atoms with van der Waals surface area (Å²) in [5.74, 6) is -0.299. The third-order valence-corrected chi connectivity index (χ3v) is 5.90. The fourth-order valence-corrected chi connectivity index (χ4v) is 4.44. The first-order valence-electron chi connectivity index (χ1n) is 7.21. The lowest BCUT2D eigenvalue weighted by Gasteiger charge is -2.11. The van der Waals surface area contributed by atoms with Gasteiger partial charge in [0.2, 0.25) is 5.91 Å². The molecule has 1 N–H and O–H groups in total. The number of fused-ring (bicyclic) bond motifs is 1. The van der Waals surface area contributed by atoms with Crippen molar-refractivity contribution in [2.24, 2.45) is 0 Å². The van der Waals surface area contributed by atoms with Crippen LogP contribution in [-0.4, -0.2) is 21.1 Å². The van der Waals surface area contributed by atoms with Gasteiger partial charge >= 0.3 is 0 Å². The third-order valence-electron chi connectivity index (χ3n) is 3.34. The number of carbonyl (C=O) groups excluding carboxylic acids is 1. The number of hydrogen-bond acceptors (Lipinski definition) is 6. The van der Waals surface area contributed by atoms with Gasteiger partial charge < -0.3 is 5.32 Å². The average molecular weight is 394 g/mol. The van der Waals surface area contributed by atoms with Gasteiger partial charge in [-0.15, -0.1) is 11.3 Å². The minimum Gasteiger partial charge on any atom is -0.324 e. The molecule has 1 amide bonds. The van der Waals surface area contributed by atoms with E-state index in [1.54, 1.807) is 6.92 Å². The lowest BCUT2D eigenvalue weighted by Crippen LogP contribution is -2.22. The highest BCUT2D eigenvalue weighted by atomic mass is 35.5. The number of nitrogens with zero attached hydrogens (tertiary/aromatic N) is 2. The predicted molar refractivity (Wildman–Crippen MR) is 102 cm³/mol. The minimum atomic E-state index is -0.536. The smallest absolute Gasteiger partial charge is 0.271 e. The molecule has 0 spiro atoms. The van der Waals surface area contributed by atoms with Gasteiger partial charge in [-0.1, -0.05) is 35.5 Å². The van der Waals surface area contributed by atoms with Crippen molar-refractivity contribution in [3.05, 3.63) is 57.6 Å². The van der Waals surface area contributed by atoms with Crippen molar-refractivity contribution in [3.8, 4) is 0 Å². The Hall–Kier alpha value is -2.16. The van der Waals surface area contributed by atoms with Crippen LogP contribution in [0.5, 0.6) is 0 Å². The first-order valence-corrected chi connectivity index (χ1v) is 9.28. The van der Waals surface area contributed by atoms with Crippen LogP contribution in [0.1, 0.15) is 6.92 Å². The number of anilines is 1. The van der Waals surface area contributed by atoms with E-state index in [2.05, 4.69) is 10.3 Å². The van der Waals surface area contributed by atoms with Crippen molar-refractivity contribution in [1.29, 1.82) is 0 Å². The maximum absolute atomic E-state index is 12.4. The molecule has 0 aliphatic carbocycles. The summed E-state index contributed by atoms with van der Waals surface area (Å²) >= 11 is 8.86. The Morgan fingerprint density at radius 2 is 2.12 bits per heavy atom. The van der Waals surface area contributed by atoms with Crippen LogP contribution >= 0.6 is 34.7 Å². The summed E-state index contributed by atoms with van der Waals surface area (Å²) in [4.78, 5) is 27.2. The molecule has 25 heavy (non-hydrogen) atoms. The Labute approximate surface area is 156 Å². The molecule has 0 saturated carbocycles. The lowest BCUT2D eigenvalue weighted by molar-refractivity contribution is -0.384. The zero-order valence-electron chi connectivity index (χ0n) is 12.9. The summed E-state index contributed by atoms with van der Waals surface area (Å²) in [7, 11) is 0. The SMILES string of the molecule is CC(Sc1nc2ccccc2s1)C(=O)Nc1cc([N+](=O)[O-])ccc1Cl. The van der Waals surface area contributed by atoms with E-state index in [1.165, 1.54) is 41.3 Å². The molecule has 0 radical (unpaired) electrons. The first-order chi connectivity index (χ1) is 11.9. The Morgan fingerprint density at radius 1 is 1.36 bits per heavy atom. The molecule has 1 aromatic heterocycles. The maximum Gasteiger partial charge on any atom is 0.271 e. The van der Waals surface area contributed by atoms with E-state index >= 15 is 0 Å². The van der Waals surface area contributed by atoms with E-state index in [0.717, 1.165) is 14.6 Å². The summed E-state index contributed by atoms with van der Waals surface area (Å²) in [6.45, 7) is 1.75. The van der Waals surface area contributed by atoms with Gasteiger partial charge in [-0.25, -0.2) is 4.98 Å². The van der Waals surface area contributed by atoms with E-state index < -0.39 is 10.2 Å². The number of hydrogen-bond donors (Lipinski definition) is 1. The highest BCUT2D eigenvalue weighted by Crippen LogP contribution is 2.33. The van der Waals surface area contributed by atoms with Crippen LogP contribution in [-0.2, 0) is 4.79 Å². The van der Waals surface area contributed by atoms with Crippen LogP contribution in [0, 0.1) is 10.1 Å². The molecule has 0 fully saturated rings. The van der Waals surface area contributed by atoms with E-state index in [0.29, 0.717) is 0 Å². The molecule has 0 aliphatic heterocycles. The number of thiazole rings is 1. The summed E-state index contributed by atoms with van der Waals surface area (Å²) in [6.07, 6.45) is 0. The number of nitro groups is 1. The largest absolute Gasteiger partial charge is 0.324 e. The average Bonchev–Trinajstić information content (AvgIpc) is 2.98. The molecule has 9 heteroatoms. The summed E-state index contributed by atoms with van der Waals surface area (Å²) in [5.41, 5.74) is 0.980. The zero-order valence-corrected chi connectivity index (χ0v) is 15.3. The molecule has 1 atom stereocenters. The number of nitro benzene ring substituents is 1. The van der Waals surface area contributed by atoms with E-state index in [1.807, 2.05) is 24.3 Å². The van der Waals surface area contributed by atoms with Crippen molar-refractivity contribution in [3.63, 3.8) is 0 Å². The van der Waals surface area contributed by atoms with Crippen molar-refractivity contribution in [2.45, 2.75) is 16.5 Å². The van der Waals surface area contributed by atoms with Crippen LogP contribution in [0.3, 0.4) is 0 Å². The van der Waals surface area contributed by atoms with E-state index in [-0.39, 0.29) is 22.3 Å². The number of benzene rings is 2. The van der Waals surface area contributed by atoms with Crippen LogP contribution in [0.25, 0.3) is 10.2 Å². The van der Waals surface area contributed by atoms with Gasteiger partial charge in [0.15, 0.2) is 4.34 Å². The lowest BCUT2D eigenvalue weighted by atomic mass is 10.2. The van der Waals surface area contributed by atoms with Crippen molar-refractivity contribution >= 4 is 62.2 Å². The topological polar surface area (TPSA) is 85.1 Å². The Kier molecular flexibility index (Phi) is 5.22. The summed E-state index contributed by atoms with van der Waals surface area (Å²) in [5, 5.41) is 13.3. The number of halogens is 1. The van der Waals surface area contributed by atoms with Crippen molar-refractivity contribution in [2.75, 3.05) is 5.32 Å². The highest BCUT2D eigenvalue weighted by molar-refractivity contribution is 8.02. The van der Waals surface area contributed by atoms with Crippen LogP contribution in [0.2, 0.25) is 5.02 Å². The Morgan fingerprint density at radius 3 is 2.84 bits per heavy atom. The molecule has 0 saturated heterocycles. The van der Waals surface area contributed by atoms with Crippen molar-refractivity contribution in [1.82, 2.24) is 4.98 Å². The molecule has 2 aromatic carbocycles. The molecule has 1 heterocycles. The number of aromatic nitrogens is 1. The fourth-order valence-electron chi connectivity index (χ4n) is 2.06. The summed E-state index contributed by atoms with van der Waals surface area (Å²) in [6, 6.07) is 11.7. The molecule has 0 aliphatic rings. The van der Waals surface area contributed by atoms with Gasteiger partial charge in [0.1, 0.15) is 0 Å². The van der Waals surface area contributed by atoms with Crippen LogP contribution in [0.4, 0.5) is 11.4 Å². The minimum absolute atomic E-state index is 0.133. The molecular weight excluding hydrogens is 382 g/mol. The number of non-ortho nitro benzene ring substituents is 1. The number of amides is 1. The monoisotopic (exact) mass is 393 g/mol.